The quantitative estimate of drug-likeness (QED) is 0.571. The lowest BCUT2D eigenvalue weighted by atomic mass is 9.89. The van der Waals surface area contributed by atoms with Gasteiger partial charge in [-0.05, 0) is 44.4 Å². The van der Waals surface area contributed by atoms with Crippen molar-refractivity contribution in [3.63, 3.8) is 0 Å². The Kier molecular flexibility index (Phi) is 5.07. The maximum Gasteiger partial charge on any atom is 0.0576 e. The van der Waals surface area contributed by atoms with Gasteiger partial charge in [0.2, 0.25) is 0 Å². The first-order valence-corrected chi connectivity index (χ1v) is 6.96. The number of nitrogens with one attached hydrogen (secondary N) is 1. The Hall–Kier alpha value is -0.120. The minimum atomic E-state index is 0.506. The minimum absolute atomic E-state index is 0.506. The maximum atomic E-state index is 6.05. The van der Waals surface area contributed by atoms with E-state index in [4.69, 9.17) is 10.6 Å². The molecule has 3 N–H and O–H groups in total. The number of rotatable bonds is 4. The molecule has 0 aliphatic heterocycles. The summed E-state index contributed by atoms with van der Waals surface area (Å²) in [4.78, 5) is 0. The van der Waals surface area contributed by atoms with Crippen molar-refractivity contribution in [2.75, 3.05) is 6.61 Å². The van der Waals surface area contributed by atoms with Crippen LogP contribution in [0.25, 0.3) is 0 Å². The van der Waals surface area contributed by atoms with E-state index in [1.54, 1.807) is 0 Å². The molecule has 3 heteroatoms. The highest BCUT2D eigenvalue weighted by Crippen LogP contribution is 2.26. The molecule has 0 heterocycles. The van der Waals surface area contributed by atoms with E-state index < -0.39 is 0 Å². The van der Waals surface area contributed by atoms with Crippen LogP contribution in [0.4, 0.5) is 0 Å². The molecule has 2 rings (SSSR count). The normalized spacial score (nSPS) is 32.8. The van der Waals surface area contributed by atoms with E-state index >= 15 is 0 Å². The average molecular weight is 226 g/mol. The lowest BCUT2D eigenvalue weighted by Crippen LogP contribution is -2.39. The molecule has 94 valence electrons. The second-order valence-corrected chi connectivity index (χ2v) is 5.48. The van der Waals surface area contributed by atoms with Crippen LogP contribution in [-0.4, -0.2) is 18.8 Å². The summed E-state index contributed by atoms with van der Waals surface area (Å²) in [5.41, 5.74) is 2.87. The zero-order valence-electron chi connectivity index (χ0n) is 10.3. The molecule has 3 nitrogen and oxygen atoms in total. The van der Waals surface area contributed by atoms with Crippen LogP contribution in [0.3, 0.4) is 0 Å². The standard InChI is InChI=1S/C13H26N2O/c14-15-12-6-8-13(9-7-12)16-10-11-4-2-1-3-5-11/h11-13,15H,1-10,14H2. The van der Waals surface area contributed by atoms with Gasteiger partial charge in [-0.2, -0.15) is 0 Å². The van der Waals surface area contributed by atoms with Crippen LogP contribution in [0.5, 0.6) is 0 Å². The van der Waals surface area contributed by atoms with Gasteiger partial charge in [0.1, 0.15) is 0 Å². The van der Waals surface area contributed by atoms with E-state index in [0.29, 0.717) is 12.1 Å². The van der Waals surface area contributed by atoms with Crippen molar-refractivity contribution in [3.8, 4) is 0 Å². The summed E-state index contributed by atoms with van der Waals surface area (Å²) in [5.74, 6) is 6.30. The van der Waals surface area contributed by atoms with Crippen molar-refractivity contribution in [1.29, 1.82) is 0 Å². The van der Waals surface area contributed by atoms with Gasteiger partial charge in [0, 0.05) is 12.6 Å². The van der Waals surface area contributed by atoms with Crippen molar-refractivity contribution in [2.45, 2.75) is 69.9 Å². The summed E-state index contributed by atoms with van der Waals surface area (Å²) in [6.07, 6.45) is 12.3. The molecule has 2 fully saturated rings. The molecule has 2 aliphatic rings. The fraction of sp³-hybridized carbons (Fsp3) is 1.00. The molecular weight excluding hydrogens is 200 g/mol. The fourth-order valence-electron chi connectivity index (χ4n) is 3.02. The molecule has 0 radical (unpaired) electrons. The summed E-state index contributed by atoms with van der Waals surface area (Å²) < 4.78 is 6.05. The molecular formula is C13H26N2O. The molecule has 16 heavy (non-hydrogen) atoms. The van der Waals surface area contributed by atoms with Crippen LogP contribution in [0.2, 0.25) is 0 Å². The number of ether oxygens (including phenoxy) is 1. The van der Waals surface area contributed by atoms with Crippen molar-refractivity contribution < 1.29 is 4.74 Å². The van der Waals surface area contributed by atoms with Crippen molar-refractivity contribution in [3.05, 3.63) is 0 Å². The molecule has 2 saturated carbocycles. The first-order chi connectivity index (χ1) is 7.88. The van der Waals surface area contributed by atoms with Crippen LogP contribution in [0, 0.1) is 5.92 Å². The van der Waals surface area contributed by atoms with Gasteiger partial charge in [-0.25, -0.2) is 0 Å². The summed E-state index contributed by atoms with van der Waals surface area (Å²) in [6, 6.07) is 0.523. The van der Waals surface area contributed by atoms with E-state index in [2.05, 4.69) is 5.43 Å². The van der Waals surface area contributed by atoms with Crippen LogP contribution >= 0.6 is 0 Å². The van der Waals surface area contributed by atoms with Crippen LogP contribution in [0.15, 0.2) is 0 Å². The SMILES string of the molecule is NNC1CCC(OCC2CCCCC2)CC1. The third-order valence-corrected chi connectivity index (χ3v) is 4.20. The zero-order chi connectivity index (χ0) is 11.2. The molecule has 0 bridgehead atoms. The average Bonchev–Trinajstić information content (AvgIpc) is 2.38. The predicted octanol–water partition coefficient (Wildman–Crippen LogP) is 2.36. The van der Waals surface area contributed by atoms with Crippen molar-refractivity contribution in [2.24, 2.45) is 11.8 Å². The molecule has 0 amide bonds. The third-order valence-electron chi connectivity index (χ3n) is 4.20. The van der Waals surface area contributed by atoms with Gasteiger partial charge in [0.25, 0.3) is 0 Å². The Morgan fingerprint density at radius 1 is 0.938 bits per heavy atom. The van der Waals surface area contributed by atoms with E-state index in [9.17, 15) is 0 Å². The van der Waals surface area contributed by atoms with E-state index in [0.717, 1.165) is 12.5 Å². The van der Waals surface area contributed by atoms with E-state index in [1.165, 1.54) is 57.8 Å². The Bertz CT molecular complexity index is 184. The Balaban J connectivity index is 1.59. The second-order valence-electron chi connectivity index (χ2n) is 5.48. The van der Waals surface area contributed by atoms with Crippen molar-refractivity contribution >= 4 is 0 Å². The molecule has 0 atom stereocenters. The summed E-state index contributed by atoms with van der Waals surface area (Å²) in [7, 11) is 0. The summed E-state index contributed by atoms with van der Waals surface area (Å²) in [6.45, 7) is 1.01. The molecule has 0 spiro atoms. The smallest absolute Gasteiger partial charge is 0.0576 e. The summed E-state index contributed by atoms with van der Waals surface area (Å²) >= 11 is 0. The van der Waals surface area contributed by atoms with Crippen molar-refractivity contribution in [1.82, 2.24) is 5.43 Å². The van der Waals surface area contributed by atoms with Crippen LogP contribution < -0.4 is 11.3 Å². The Morgan fingerprint density at radius 3 is 2.25 bits per heavy atom. The van der Waals surface area contributed by atoms with Gasteiger partial charge in [-0.1, -0.05) is 19.3 Å². The monoisotopic (exact) mass is 226 g/mol. The Morgan fingerprint density at radius 2 is 1.62 bits per heavy atom. The topological polar surface area (TPSA) is 47.3 Å². The Labute approximate surface area is 99.1 Å². The molecule has 0 aromatic heterocycles. The van der Waals surface area contributed by atoms with Crippen LogP contribution in [0.1, 0.15) is 57.8 Å². The number of nitrogens with two attached hydrogens (primary N) is 1. The number of hydrazine groups is 1. The van der Waals surface area contributed by atoms with Gasteiger partial charge in [0.15, 0.2) is 0 Å². The van der Waals surface area contributed by atoms with Crippen LogP contribution in [-0.2, 0) is 4.74 Å². The second kappa shape index (κ2) is 6.58. The molecule has 0 aromatic carbocycles. The molecule has 2 aliphatic carbocycles. The highest BCUT2D eigenvalue weighted by molar-refractivity contribution is 4.76. The largest absolute Gasteiger partial charge is 0.378 e. The lowest BCUT2D eigenvalue weighted by molar-refractivity contribution is -0.00326. The number of hydrogen-bond acceptors (Lipinski definition) is 3. The molecule has 0 unspecified atom stereocenters. The molecule has 0 saturated heterocycles. The summed E-state index contributed by atoms with van der Waals surface area (Å²) in [5, 5.41) is 0. The molecule has 0 aromatic rings. The van der Waals surface area contributed by atoms with Gasteiger partial charge in [0.05, 0.1) is 6.10 Å². The predicted molar refractivity (Wildman–Crippen MR) is 65.9 cm³/mol. The highest BCUT2D eigenvalue weighted by Gasteiger charge is 2.22. The highest BCUT2D eigenvalue weighted by atomic mass is 16.5. The lowest BCUT2D eigenvalue weighted by Gasteiger charge is -2.30. The third kappa shape index (κ3) is 3.72. The van der Waals surface area contributed by atoms with Gasteiger partial charge >= 0.3 is 0 Å². The van der Waals surface area contributed by atoms with Gasteiger partial charge in [-0.15, -0.1) is 0 Å². The first-order valence-electron chi connectivity index (χ1n) is 6.96. The van der Waals surface area contributed by atoms with E-state index in [1.807, 2.05) is 0 Å². The first kappa shape index (κ1) is 12.3. The van der Waals surface area contributed by atoms with E-state index in [-0.39, 0.29) is 0 Å². The fourth-order valence-corrected chi connectivity index (χ4v) is 3.02. The number of hydrogen-bond donors (Lipinski definition) is 2. The van der Waals surface area contributed by atoms with Gasteiger partial charge < -0.3 is 4.74 Å². The minimum Gasteiger partial charge on any atom is -0.378 e. The van der Waals surface area contributed by atoms with Gasteiger partial charge in [-0.3, -0.25) is 11.3 Å². The maximum absolute atomic E-state index is 6.05. The zero-order valence-corrected chi connectivity index (χ0v) is 10.3.